The van der Waals surface area contributed by atoms with Crippen molar-refractivity contribution >= 4 is 17.5 Å². The van der Waals surface area contributed by atoms with Crippen LogP contribution in [0, 0.1) is 0 Å². The van der Waals surface area contributed by atoms with Gasteiger partial charge in [-0.2, -0.15) is 0 Å². The van der Waals surface area contributed by atoms with Crippen LogP contribution in [0.3, 0.4) is 0 Å². The molecule has 0 atom stereocenters. The second-order valence-corrected chi connectivity index (χ2v) is 6.28. The largest absolute Gasteiger partial charge is 0.467 e. The minimum absolute atomic E-state index is 0.172. The lowest BCUT2D eigenvalue weighted by Crippen LogP contribution is -2.22. The number of hydrogen-bond donors (Lipinski definition) is 1. The van der Waals surface area contributed by atoms with Gasteiger partial charge >= 0.3 is 0 Å². The van der Waals surface area contributed by atoms with Gasteiger partial charge in [0.2, 0.25) is 0 Å². The Morgan fingerprint density at radius 1 is 1.07 bits per heavy atom. The van der Waals surface area contributed by atoms with Crippen LogP contribution >= 0.6 is 11.6 Å². The number of halogens is 1. The van der Waals surface area contributed by atoms with Crippen molar-refractivity contribution in [1.82, 2.24) is 20.3 Å². The molecule has 0 radical (unpaired) electrons. The molecule has 0 saturated heterocycles. The number of furan rings is 1. The van der Waals surface area contributed by atoms with Crippen molar-refractivity contribution in [2.45, 2.75) is 6.54 Å². The molecule has 0 bridgehead atoms. The molecular formula is C20H15ClN4O2. The number of carbonyl (C=O) groups excluding carboxylic acids is 1. The zero-order valence-electron chi connectivity index (χ0n) is 14.2. The van der Waals surface area contributed by atoms with E-state index in [-0.39, 0.29) is 5.91 Å². The summed E-state index contributed by atoms with van der Waals surface area (Å²) in [5, 5.41) is 11.6. The average molecular weight is 379 g/mol. The van der Waals surface area contributed by atoms with Crippen molar-refractivity contribution in [3.05, 3.63) is 89.5 Å². The molecule has 0 aliphatic heterocycles. The Balaban J connectivity index is 1.52. The lowest BCUT2D eigenvalue weighted by atomic mass is 10.1. The molecule has 2 aromatic heterocycles. The van der Waals surface area contributed by atoms with Crippen LogP contribution in [-0.4, -0.2) is 20.9 Å². The van der Waals surface area contributed by atoms with E-state index in [1.807, 2.05) is 42.5 Å². The summed E-state index contributed by atoms with van der Waals surface area (Å²) in [4.78, 5) is 12.3. The summed E-state index contributed by atoms with van der Waals surface area (Å²) < 4.78 is 6.92. The highest BCUT2D eigenvalue weighted by Gasteiger charge is 2.11. The lowest BCUT2D eigenvalue weighted by Gasteiger charge is -2.08. The Labute approximate surface area is 160 Å². The van der Waals surface area contributed by atoms with Crippen molar-refractivity contribution in [2.24, 2.45) is 0 Å². The first-order valence-electron chi connectivity index (χ1n) is 8.28. The predicted molar refractivity (Wildman–Crippen MR) is 102 cm³/mol. The fraction of sp³-hybridized carbons (Fsp3) is 0.0500. The topological polar surface area (TPSA) is 73.0 Å². The molecule has 2 heterocycles. The third-order valence-corrected chi connectivity index (χ3v) is 4.32. The standard InChI is InChI=1S/C20H15ClN4O2/c21-16-7-3-14(4-8-16)19-13-23-24-25(19)17-9-5-15(6-10-17)20(26)22-12-18-2-1-11-27-18/h1-11,13H,12H2,(H,22,26). The van der Waals surface area contributed by atoms with Gasteiger partial charge < -0.3 is 9.73 Å². The molecular weight excluding hydrogens is 364 g/mol. The summed E-state index contributed by atoms with van der Waals surface area (Å²) >= 11 is 5.95. The molecule has 0 spiro atoms. The molecule has 7 heteroatoms. The Kier molecular flexibility index (Phi) is 4.72. The molecule has 0 saturated carbocycles. The lowest BCUT2D eigenvalue weighted by molar-refractivity contribution is 0.0948. The Morgan fingerprint density at radius 2 is 1.85 bits per heavy atom. The highest BCUT2D eigenvalue weighted by Crippen LogP contribution is 2.23. The van der Waals surface area contributed by atoms with E-state index in [1.165, 1.54) is 0 Å². The second-order valence-electron chi connectivity index (χ2n) is 5.85. The van der Waals surface area contributed by atoms with Crippen molar-refractivity contribution < 1.29 is 9.21 Å². The van der Waals surface area contributed by atoms with E-state index >= 15 is 0 Å². The van der Waals surface area contributed by atoms with E-state index in [0.29, 0.717) is 22.9 Å². The maximum absolute atomic E-state index is 12.3. The van der Waals surface area contributed by atoms with Gasteiger partial charge in [0.25, 0.3) is 5.91 Å². The minimum atomic E-state index is -0.172. The smallest absolute Gasteiger partial charge is 0.251 e. The summed E-state index contributed by atoms with van der Waals surface area (Å²) in [7, 11) is 0. The van der Waals surface area contributed by atoms with E-state index in [9.17, 15) is 4.79 Å². The number of benzene rings is 2. The summed E-state index contributed by atoms with van der Waals surface area (Å²) in [6.45, 7) is 0.345. The van der Waals surface area contributed by atoms with Gasteiger partial charge in [-0.3, -0.25) is 4.79 Å². The third-order valence-electron chi connectivity index (χ3n) is 4.07. The van der Waals surface area contributed by atoms with Gasteiger partial charge in [0.1, 0.15) is 5.76 Å². The molecule has 0 aliphatic rings. The van der Waals surface area contributed by atoms with Crippen LogP contribution in [0.2, 0.25) is 5.02 Å². The van der Waals surface area contributed by atoms with E-state index in [2.05, 4.69) is 15.6 Å². The number of nitrogens with one attached hydrogen (secondary N) is 1. The van der Waals surface area contributed by atoms with Crippen LogP contribution in [0.1, 0.15) is 16.1 Å². The monoisotopic (exact) mass is 378 g/mol. The zero-order valence-corrected chi connectivity index (χ0v) is 14.9. The molecule has 134 valence electrons. The maximum Gasteiger partial charge on any atom is 0.251 e. The molecule has 1 amide bonds. The number of rotatable bonds is 5. The quantitative estimate of drug-likeness (QED) is 0.567. The van der Waals surface area contributed by atoms with Gasteiger partial charge in [0.15, 0.2) is 0 Å². The van der Waals surface area contributed by atoms with Crippen molar-refractivity contribution in [1.29, 1.82) is 0 Å². The van der Waals surface area contributed by atoms with Crippen LogP contribution in [0.5, 0.6) is 0 Å². The third kappa shape index (κ3) is 3.75. The van der Waals surface area contributed by atoms with E-state index in [4.69, 9.17) is 16.0 Å². The predicted octanol–water partition coefficient (Wildman–Crippen LogP) is 4.11. The van der Waals surface area contributed by atoms with Gasteiger partial charge in [-0.1, -0.05) is 28.9 Å². The fourth-order valence-electron chi connectivity index (χ4n) is 2.68. The fourth-order valence-corrected chi connectivity index (χ4v) is 2.81. The summed E-state index contributed by atoms with van der Waals surface area (Å²) in [5.41, 5.74) is 3.14. The Bertz CT molecular complexity index is 1040. The van der Waals surface area contributed by atoms with Crippen LogP contribution in [-0.2, 0) is 6.54 Å². The van der Waals surface area contributed by atoms with Gasteiger partial charge in [0, 0.05) is 16.1 Å². The van der Waals surface area contributed by atoms with Crippen molar-refractivity contribution in [2.75, 3.05) is 0 Å². The molecule has 2 aromatic carbocycles. The molecule has 4 aromatic rings. The van der Waals surface area contributed by atoms with Crippen LogP contribution in [0.4, 0.5) is 0 Å². The van der Waals surface area contributed by atoms with Crippen molar-refractivity contribution in [3.8, 4) is 16.9 Å². The van der Waals surface area contributed by atoms with Gasteiger partial charge in [-0.25, -0.2) is 4.68 Å². The summed E-state index contributed by atoms with van der Waals surface area (Å²) in [6, 6.07) is 18.2. The first kappa shape index (κ1) is 17.1. The summed E-state index contributed by atoms with van der Waals surface area (Å²) in [5.74, 6) is 0.532. The highest BCUT2D eigenvalue weighted by atomic mass is 35.5. The molecule has 4 rings (SSSR count). The number of carbonyl (C=O) groups is 1. The number of amides is 1. The molecule has 0 unspecified atom stereocenters. The Morgan fingerprint density at radius 3 is 2.56 bits per heavy atom. The average Bonchev–Trinajstić information content (AvgIpc) is 3.39. The number of nitrogens with zero attached hydrogens (tertiary/aromatic N) is 3. The molecule has 1 N–H and O–H groups in total. The Hall–Kier alpha value is -3.38. The van der Waals surface area contributed by atoms with Crippen LogP contribution < -0.4 is 5.32 Å². The first-order valence-corrected chi connectivity index (χ1v) is 8.66. The van der Waals surface area contributed by atoms with Crippen LogP contribution in [0.15, 0.2) is 77.5 Å². The number of hydrogen-bond acceptors (Lipinski definition) is 4. The minimum Gasteiger partial charge on any atom is -0.467 e. The van der Waals surface area contributed by atoms with E-state index in [0.717, 1.165) is 16.9 Å². The molecule has 0 fully saturated rings. The maximum atomic E-state index is 12.3. The summed E-state index contributed by atoms with van der Waals surface area (Å²) in [6.07, 6.45) is 3.26. The first-order chi connectivity index (χ1) is 13.2. The van der Waals surface area contributed by atoms with Crippen LogP contribution in [0.25, 0.3) is 16.9 Å². The van der Waals surface area contributed by atoms with Gasteiger partial charge in [-0.05, 0) is 48.5 Å². The van der Waals surface area contributed by atoms with Gasteiger partial charge in [0.05, 0.1) is 30.4 Å². The SMILES string of the molecule is O=C(NCc1ccco1)c1ccc(-n2nncc2-c2ccc(Cl)cc2)cc1. The molecule has 0 aliphatic carbocycles. The van der Waals surface area contributed by atoms with Gasteiger partial charge in [-0.15, -0.1) is 5.10 Å². The highest BCUT2D eigenvalue weighted by molar-refractivity contribution is 6.30. The van der Waals surface area contributed by atoms with Crippen molar-refractivity contribution in [3.63, 3.8) is 0 Å². The zero-order chi connectivity index (χ0) is 18.6. The molecule has 27 heavy (non-hydrogen) atoms. The van der Waals surface area contributed by atoms with E-state index in [1.54, 1.807) is 35.3 Å². The van der Waals surface area contributed by atoms with E-state index < -0.39 is 0 Å². The molecule has 6 nitrogen and oxygen atoms in total. The second kappa shape index (κ2) is 7.47. The normalized spacial score (nSPS) is 10.7. The number of aromatic nitrogens is 3.